The zero-order valence-electron chi connectivity index (χ0n) is 13.2. The first-order valence-electron chi connectivity index (χ1n) is 7.58. The van der Waals surface area contributed by atoms with Crippen LogP contribution in [0.4, 0.5) is 0 Å². The van der Waals surface area contributed by atoms with Crippen LogP contribution in [0, 0.1) is 0 Å². The number of phenolic OH excluding ortho intramolecular Hbond substituents is 1. The van der Waals surface area contributed by atoms with Gasteiger partial charge in [0.05, 0.1) is 17.0 Å². The summed E-state index contributed by atoms with van der Waals surface area (Å²) >= 11 is 5.88. The average Bonchev–Trinajstić information content (AvgIpc) is 2.58. The summed E-state index contributed by atoms with van der Waals surface area (Å²) in [6, 6.07) is 14.7. The van der Waals surface area contributed by atoms with E-state index in [1.807, 2.05) is 30.3 Å². The van der Waals surface area contributed by atoms with Crippen molar-refractivity contribution in [2.45, 2.75) is 13.0 Å². The van der Waals surface area contributed by atoms with Gasteiger partial charge in [-0.3, -0.25) is 9.78 Å². The molecule has 0 unspecified atom stereocenters. The van der Waals surface area contributed by atoms with E-state index in [1.165, 1.54) is 6.07 Å². The Morgan fingerprint density at radius 1 is 1.17 bits per heavy atom. The van der Waals surface area contributed by atoms with Gasteiger partial charge in [-0.1, -0.05) is 29.8 Å². The van der Waals surface area contributed by atoms with E-state index in [4.69, 9.17) is 11.6 Å². The molecule has 0 aliphatic heterocycles. The van der Waals surface area contributed by atoms with Crippen molar-refractivity contribution in [1.29, 1.82) is 0 Å². The molecule has 0 aliphatic carbocycles. The summed E-state index contributed by atoms with van der Waals surface area (Å²) in [6.07, 6.45) is 2.01. The van der Waals surface area contributed by atoms with Crippen LogP contribution in [0.15, 0.2) is 54.7 Å². The summed E-state index contributed by atoms with van der Waals surface area (Å²) in [5.41, 5.74) is 2.77. The number of hydrogen-bond acceptors (Lipinski definition) is 3. The number of carbonyl (C=O) groups is 1. The van der Waals surface area contributed by atoms with Crippen molar-refractivity contribution in [2.75, 3.05) is 7.05 Å². The van der Waals surface area contributed by atoms with Crippen LogP contribution in [0.2, 0.25) is 5.02 Å². The molecule has 0 radical (unpaired) electrons. The quantitative estimate of drug-likeness (QED) is 0.786. The number of halogens is 1. The summed E-state index contributed by atoms with van der Waals surface area (Å²) in [6.45, 7) is 0.523. The molecule has 3 aromatic rings. The van der Waals surface area contributed by atoms with E-state index in [9.17, 15) is 9.90 Å². The third-order valence-electron chi connectivity index (χ3n) is 3.88. The average molecular weight is 341 g/mol. The zero-order chi connectivity index (χ0) is 17.1. The first kappa shape index (κ1) is 16.3. The molecule has 3 rings (SSSR count). The lowest BCUT2D eigenvalue weighted by Crippen LogP contribution is -2.27. The molecule has 0 saturated carbocycles. The highest BCUT2D eigenvalue weighted by Crippen LogP contribution is 2.24. The number of aromatic hydroxyl groups is 1. The maximum absolute atomic E-state index is 12.4. The number of hydrogen-bond donors (Lipinski definition) is 1. The van der Waals surface area contributed by atoms with Crippen molar-refractivity contribution >= 4 is 28.4 Å². The van der Waals surface area contributed by atoms with Gasteiger partial charge in [0.25, 0.3) is 0 Å². The molecule has 4 nitrogen and oxygen atoms in total. The lowest BCUT2D eigenvalue weighted by Gasteiger charge is -2.18. The minimum atomic E-state index is -0.0111. The number of amides is 1. The molecule has 1 heterocycles. The van der Waals surface area contributed by atoms with Crippen LogP contribution in [0.25, 0.3) is 10.9 Å². The maximum Gasteiger partial charge on any atom is 0.227 e. The van der Waals surface area contributed by atoms with E-state index in [0.717, 1.165) is 22.0 Å². The van der Waals surface area contributed by atoms with E-state index < -0.39 is 0 Å². The number of pyridine rings is 1. The van der Waals surface area contributed by atoms with Crippen molar-refractivity contribution in [2.24, 2.45) is 0 Å². The molecule has 0 bridgehead atoms. The molecule has 1 aromatic heterocycles. The molecule has 1 amide bonds. The minimum absolute atomic E-state index is 0.0111. The Morgan fingerprint density at radius 2 is 1.96 bits per heavy atom. The van der Waals surface area contributed by atoms with E-state index in [0.29, 0.717) is 6.54 Å². The molecule has 0 atom stereocenters. The summed E-state index contributed by atoms with van der Waals surface area (Å²) in [7, 11) is 1.78. The SMILES string of the molecule is CN(Cc1ccc2ncccc2c1)C(=O)Cc1ccc(O)c(Cl)c1. The van der Waals surface area contributed by atoms with Gasteiger partial charge in [-0.15, -0.1) is 0 Å². The highest BCUT2D eigenvalue weighted by atomic mass is 35.5. The summed E-state index contributed by atoms with van der Waals surface area (Å²) < 4.78 is 0. The van der Waals surface area contributed by atoms with Crippen molar-refractivity contribution in [3.8, 4) is 5.75 Å². The number of aromatic nitrogens is 1. The molecule has 122 valence electrons. The minimum Gasteiger partial charge on any atom is -0.506 e. The molecule has 0 aliphatic rings. The first-order valence-corrected chi connectivity index (χ1v) is 7.96. The van der Waals surface area contributed by atoms with E-state index in [1.54, 1.807) is 30.3 Å². The van der Waals surface area contributed by atoms with Crippen LogP contribution in [0.3, 0.4) is 0 Å². The Bertz CT molecular complexity index is 895. The highest BCUT2D eigenvalue weighted by Gasteiger charge is 2.12. The predicted octanol–water partition coefficient (Wildman–Crippen LogP) is 3.79. The molecular weight excluding hydrogens is 324 g/mol. The van der Waals surface area contributed by atoms with Crippen molar-refractivity contribution in [3.05, 3.63) is 70.9 Å². The van der Waals surface area contributed by atoms with Crippen LogP contribution in [-0.2, 0) is 17.8 Å². The number of benzene rings is 2. The Morgan fingerprint density at radius 3 is 2.75 bits per heavy atom. The van der Waals surface area contributed by atoms with Crippen molar-refractivity contribution in [1.82, 2.24) is 9.88 Å². The number of likely N-dealkylation sites (N-methyl/N-ethyl adjacent to an activating group) is 1. The Balaban J connectivity index is 1.69. The lowest BCUT2D eigenvalue weighted by molar-refractivity contribution is -0.129. The van der Waals surface area contributed by atoms with Gasteiger partial charge in [0.1, 0.15) is 5.75 Å². The van der Waals surface area contributed by atoms with E-state index >= 15 is 0 Å². The number of fused-ring (bicyclic) bond motifs is 1. The Hall–Kier alpha value is -2.59. The van der Waals surface area contributed by atoms with Crippen LogP contribution in [-0.4, -0.2) is 27.9 Å². The van der Waals surface area contributed by atoms with Gasteiger partial charge < -0.3 is 10.0 Å². The lowest BCUT2D eigenvalue weighted by atomic mass is 10.1. The smallest absolute Gasteiger partial charge is 0.227 e. The van der Waals surface area contributed by atoms with E-state index in [-0.39, 0.29) is 23.1 Å². The monoisotopic (exact) mass is 340 g/mol. The fraction of sp³-hybridized carbons (Fsp3) is 0.158. The molecule has 0 spiro atoms. The molecule has 1 N–H and O–H groups in total. The van der Waals surface area contributed by atoms with Crippen LogP contribution in [0.5, 0.6) is 5.75 Å². The summed E-state index contributed by atoms with van der Waals surface area (Å²) in [4.78, 5) is 18.4. The van der Waals surface area contributed by atoms with Gasteiger partial charge in [-0.05, 0) is 41.5 Å². The topological polar surface area (TPSA) is 53.4 Å². The third kappa shape index (κ3) is 3.66. The second-order valence-electron chi connectivity index (χ2n) is 5.74. The predicted molar refractivity (Wildman–Crippen MR) is 95.0 cm³/mol. The number of carbonyl (C=O) groups excluding carboxylic acids is 1. The fourth-order valence-electron chi connectivity index (χ4n) is 2.56. The second-order valence-corrected chi connectivity index (χ2v) is 6.15. The second kappa shape index (κ2) is 6.89. The van der Waals surface area contributed by atoms with Crippen LogP contribution >= 0.6 is 11.6 Å². The van der Waals surface area contributed by atoms with Gasteiger partial charge in [0.15, 0.2) is 0 Å². The van der Waals surface area contributed by atoms with Crippen LogP contribution < -0.4 is 0 Å². The van der Waals surface area contributed by atoms with Gasteiger partial charge in [-0.2, -0.15) is 0 Å². The van der Waals surface area contributed by atoms with Gasteiger partial charge >= 0.3 is 0 Å². The number of nitrogens with zero attached hydrogens (tertiary/aromatic N) is 2. The molecule has 5 heteroatoms. The summed E-state index contributed by atoms with van der Waals surface area (Å²) in [5.74, 6) is 0.00836. The highest BCUT2D eigenvalue weighted by molar-refractivity contribution is 6.32. The Kier molecular flexibility index (Phi) is 4.67. The molecule has 0 saturated heterocycles. The van der Waals surface area contributed by atoms with Crippen LogP contribution in [0.1, 0.15) is 11.1 Å². The number of phenols is 1. The molecule has 0 fully saturated rings. The maximum atomic E-state index is 12.4. The van der Waals surface area contributed by atoms with Gasteiger partial charge in [-0.25, -0.2) is 0 Å². The third-order valence-corrected chi connectivity index (χ3v) is 4.18. The molecule has 2 aromatic carbocycles. The fourth-order valence-corrected chi connectivity index (χ4v) is 2.76. The zero-order valence-corrected chi connectivity index (χ0v) is 14.0. The van der Waals surface area contributed by atoms with Crippen molar-refractivity contribution < 1.29 is 9.90 Å². The number of rotatable bonds is 4. The van der Waals surface area contributed by atoms with E-state index in [2.05, 4.69) is 4.98 Å². The Labute approximate surface area is 145 Å². The standard InChI is InChI=1S/C19H17ClN2O2/c1-22(19(24)11-13-5-7-18(23)16(20)10-13)12-14-4-6-17-15(9-14)3-2-8-21-17/h2-10,23H,11-12H2,1H3. The first-order chi connectivity index (χ1) is 11.5. The van der Waals surface area contributed by atoms with Gasteiger partial charge in [0, 0.05) is 25.2 Å². The summed E-state index contributed by atoms with van der Waals surface area (Å²) in [5, 5.41) is 10.7. The van der Waals surface area contributed by atoms with Crippen molar-refractivity contribution in [3.63, 3.8) is 0 Å². The molecule has 24 heavy (non-hydrogen) atoms. The largest absolute Gasteiger partial charge is 0.506 e. The normalized spacial score (nSPS) is 10.8. The molecular formula is C19H17ClN2O2. The van der Waals surface area contributed by atoms with Gasteiger partial charge in [0.2, 0.25) is 5.91 Å².